The fourth-order valence-corrected chi connectivity index (χ4v) is 2.14. The van der Waals surface area contributed by atoms with E-state index in [-0.39, 0.29) is 0 Å². The second-order valence-electron chi connectivity index (χ2n) is 4.36. The van der Waals surface area contributed by atoms with Crippen molar-refractivity contribution in [3.63, 3.8) is 0 Å². The van der Waals surface area contributed by atoms with Gasteiger partial charge in [0.25, 0.3) is 0 Å². The molecule has 0 aromatic carbocycles. The molecule has 15 heavy (non-hydrogen) atoms. The Bertz CT molecular complexity index is 294. The zero-order valence-electron chi connectivity index (χ0n) is 8.95. The van der Waals surface area contributed by atoms with Crippen LogP contribution in [0.25, 0.3) is 0 Å². The van der Waals surface area contributed by atoms with Gasteiger partial charge in [-0.25, -0.2) is 0 Å². The molecule has 0 aliphatic heterocycles. The van der Waals surface area contributed by atoms with E-state index in [4.69, 9.17) is 0 Å². The van der Waals surface area contributed by atoms with Gasteiger partial charge < -0.3 is 10.4 Å². The van der Waals surface area contributed by atoms with E-state index in [1.807, 2.05) is 18.2 Å². The van der Waals surface area contributed by atoms with Gasteiger partial charge in [-0.2, -0.15) is 0 Å². The largest absolute Gasteiger partial charge is 0.389 e. The van der Waals surface area contributed by atoms with Gasteiger partial charge >= 0.3 is 0 Å². The highest BCUT2D eigenvalue weighted by molar-refractivity contribution is 5.03. The summed E-state index contributed by atoms with van der Waals surface area (Å²) in [7, 11) is 0. The van der Waals surface area contributed by atoms with Crippen molar-refractivity contribution in [3.8, 4) is 0 Å². The first-order valence-corrected chi connectivity index (χ1v) is 5.62. The minimum Gasteiger partial charge on any atom is -0.389 e. The SMILES string of the molecule is OC1(CNCc2ccccn2)CCCC1. The normalized spacial score (nSPS) is 19.3. The van der Waals surface area contributed by atoms with Crippen LogP contribution in [0.4, 0.5) is 0 Å². The highest BCUT2D eigenvalue weighted by atomic mass is 16.3. The number of nitrogens with zero attached hydrogens (tertiary/aromatic N) is 1. The fraction of sp³-hybridized carbons (Fsp3) is 0.583. The van der Waals surface area contributed by atoms with E-state index in [1.165, 1.54) is 0 Å². The van der Waals surface area contributed by atoms with Crippen molar-refractivity contribution in [2.45, 2.75) is 37.8 Å². The van der Waals surface area contributed by atoms with Crippen molar-refractivity contribution in [1.82, 2.24) is 10.3 Å². The number of aliphatic hydroxyl groups is 1. The van der Waals surface area contributed by atoms with Crippen LogP contribution in [-0.4, -0.2) is 22.2 Å². The monoisotopic (exact) mass is 206 g/mol. The molecule has 1 aliphatic rings. The maximum absolute atomic E-state index is 10.1. The Morgan fingerprint density at radius 2 is 2.13 bits per heavy atom. The van der Waals surface area contributed by atoms with Crippen LogP contribution in [-0.2, 0) is 6.54 Å². The van der Waals surface area contributed by atoms with E-state index >= 15 is 0 Å². The second kappa shape index (κ2) is 4.73. The number of rotatable bonds is 4. The van der Waals surface area contributed by atoms with Gasteiger partial charge in [-0.3, -0.25) is 4.98 Å². The lowest BCUT2D eigenvalue weighted by molar-refractivity contribution is 0.0474. The molecule has 1 fully saturated rings. The van der Waals surface area contributed by atoms with E-state index in [0.29, 0.717) is 6.54 Å². The van der Waals surface area contributed by atoms with Crippen LogP contribution >= 0.6 is 0 Å². The van der Waals surface area contributed by atoms with Crippen LogP contribution in [0.5, 0.6) is 0 Å². The smallest absolute Gasteiger partial charge is 0.0771 e. The zero-order chi connectivity index (χ0) is 10.6. The topological polar surface area (TPSA) is 45.1 Å². The summed E-state index contributed by atoms with van der Waals surface area (Å²) in [6, 6.07) is 5.88. The third-order valence-corrected chi connectivity index (χ3v) is 3.02. The lowest BCUT2D eigenvalue weighted by Gasteiger charge is -2.22. The summed E-state index contributed by atoms with van der Waals surface area (Å²) >= 11 is 0. The molecule has 0 amide bonds. The molecular formula is C12H18N2O. The molecule has 82 valence electrons. The number of pyridine rings is 1. The van der Waals surface area contributed by atoms with Gasteiger partial charge in [0.1, 0.15) is 0 Å². The molecule has 0 radical (unpaired) electrons. The Kier molecular flexibility index (Phi) is 3.34. The van der Waals surface area contributed by atoms with Crippen molar-refractivity contribution in [2.75, 3.05) is 6.54 Å². The van der Waals surface area contributed by atoms with E-state index < -0.39 is 5.60 Å². The fourth-order valence-electron chi connectivity index (χ4n) is 2.14. The number of nitrogens with one attached hydrogen (secondary N) is 1. The van der Waals surface area contributed by atoms with Crippen molar-refractivity contribution in [3.05, 3.63) is 30.1 Å². The van der Waals surface area contributed by atoms with E-state index in [0.717, 1.165) is 37.9 Å². The highest BCUT2D eigenvalue weighted by Gasteiger charge is 2.30. The summed E-state index contributed by atoms with van der Waals surface area (Å²) in [6.07, 6.45) is 5.97. The lowest BCUT2D eigenvalue weighted by Crippen LogP contribution is -2.37. The predicted octanol–water partition coefficient (Wildman–Crippen LogP) is 1.48. The summed E-state index contributed by atoms with van der Waals surface area (Å²) in [5.74, 6) is 0. The number of aromatic nitrogens is 1. The Balaban J connectivity index is 1.75. The minimum atomic E-state index is -0.464. The first kappa shape index (κ1) is 10.6. The van der Waals surface area contributed by atoms with E-state index in [9.17, 15) is 5.11 Å². The molecule has 1 aliphatic carbocycles. The Morgan fingerprint density at radius 3 is 2.80 bits per heavy atom. The van der Waals surface area contributed by atoms with Gasteiger partial charge in [0.2, 0.25) is 0 Å². The van der Waals surface area contributed by atoms with Crippen LogP contribution in [0, 0.1) is 0 Å². The molecule has 2 rings (SSSR count). The standard InChI is InChI=1S/C12H18N2O/c15-12(6-2-3-7-12)10-13-9-11-5-1-4-8-14-11/h1,4-5,8,13,15H,2-3,6-7,9-10H2. The maximum Gasteiger partial charge on any atom is 0.0771 e. The van der Waals surface area contributed by atoms with Crippen LogP contribution in [0.2, 0.25) is 0 Å². The number of hydrogen-bond acceptors (Lipinski definition) is 3. The molecule has 1 aromatic rings. The summed E-state index contributed by atoms with van der Waals surface area (Å²) < 4.78 is 0. The minimum absolute atomic E-state index is 0.464. The average molecular weight is 206 g/mol. The quantitative estimate of drug-likeness (QED) is 0.784. The zero-order valence-corrected chi connectivity index (χ0v) is 8.95. The number of hydrogen-bond donors (Lipinski definition) is 2. The van der Waals surface area contributed by atoms with Crippen LogP contribution in [0.15, 0.2) is 24.4 Å². The van der Waals surface area contributed by atoms with Gasteiger partial charge in [-0.15, -0.1) is 0 Å². The molecule has 0 unspecified atom stereocenters. The van der Waals surface area contributed by atoms with Gasteiger partial charge in [0.15, 0.2) is 0 Å². The molecule has 3 heteroatoms. The molecule has 1 saturated carbocycles. The van der Waals surface area contributed by atoms with Crippen LogP contribution in [0.3, 0.4) is 0 Å². The molecule has 0 bridgehead atoms. The summed E-state index contributed by atoms with van der Waals surface area (Å²) in [5, 5.41) is 13.4. The Labute approximate surface area is 90.5 Å². The Hall–Kier alpha value is -0.930. The lowest BCUT2D eigenvalue weighted by atomic mass is 10.0. The van der Waals surface area contributed by atoms with Gasteiger partial charge in [0, 0.05) is 19.3 Å². The molecule has 3 nitrogen and oxygen atoms in total. The first-order valence-electron chi connectivity index (χ1n) is 5.62. The summed E-state index contributed by atoms with van der Waals surface area (Å²) in [6.45, 7) is 1.42. The molecule has 1 aromatic heterocycles. The van der Waals surface area contributed by atoms with Crippen LogP contribution in [0.1, 0.15) is 31.4 Å². The summed E-state index contributed by atoms with van der Waals surface area (Å²) in [4.78, 5) is 4.22. The Morgan fingerprint density at radius 1 is 1.33 bits per heavy atom. The van der Waals surface area contributed by atoms with Crippen molar-refractivity contribution in [2.24, 2.45) is 0 Å². The third-order valence-electron chi connectivity index (χ3n) is 3.02. The molecule has 1 heterocycles. The molecule has 0 atom stereocenters. The molecule has 0 spiro atoms. The van der Waals surface area contributed by atoms with Crippen LogP contribution < -0.4 is 5.32 Å². The molecular weight excluding hydrogens is 188 g/mol. The third kappa shape index (κ3) is 3.01. The van der Waals surface area contributed by atoms with E-state index in [1.54, 1.807) is 6.20 Å². The van der Waals surface area contributed by atoms with Gasteiger partial charge in [0.05, 0.1) is 11.3 Å². The molecule has 0 saturated heterocycles. The highest BCUT2D eigenvalue weighted by Crippen LogP contribution is 2.28. The van der Waals surface area contributed by atoms with Crippen molar-refractivity contribution < 1.29 is 5.11 Å². The molecule has 2 N–H and O–H groups in total. The predicted molar refractivity (Wildman–Crippen MR) is 59.4 cm³/mol. The van der Waals surface area contributed by atoms with Gasteiger partial charge in [-0.1, -0.05) is 18.9 Å². The van der Waals surface area contributed by atoms with Crippen molar-refractivity contribution >= 4 is 0 Å². The van der Waals surface area contributed by atoms with E-state index in [2.05, 4.69) is 10.3 Å². The van der Waals surface area contributed by atoms with Crippen molar-refractivity contribution in [1.29, 1.82) is 0 Å². The maximum atomic E-state index is 10.1. The summed E-state index contributed by atoms with van der Waals surface area (Å²) in [5.41, 5.74) is 0.563. The second-order valence-corrected chi connectivity index (χ2v) is 4.36. The van der Waals surface area contributed by atoms with Gasteiger partial charge in [-0.05, 0) is 25.0 Å². The first-order chi connectivity index (χ1) is 7.29. The average Bonchev–Trinajstić information content (AvgIpc) is 2.67.